The Kier molecular flexibility index (Phi) is 6.81. The van der Waals surface area contributed by atoms with E-state index in [0.29, 0.717) is 12.3 Å². The van der Waals surface area contributed by atoms with Crippen LogP contribution in [0.5, 0.6) is 0 Å². The van der Waals surface area contributed by atoms with E-state index in [0.717, 1.165) is 45.0 Å². The molecular formula is C24H35N3O2. The molecule has 1 aliphatic heterocycles. The van der Waals surface area contributed by atoms with E-state index in [1.807, 2.05) is 17.0 Å². The maximum atomic E-state index is 12.8. The first-order valence-corrected chi connectivity index (χ1v) is 10.7. The van der Waals surface area contributed by atoms with Gasteiger partial charge in [0.1, 0.15) is 5.76 Å². The summed E-state index contributed by atoms with van der Waals surface area (Å²) < 4.78 is 5.99. The normalized spacial score (nSPS) is 15.9. The van der Waals surface area contributed by atoms with Gasteiger partial charge < -0.3 is 14.2 Å². The summed E-state index contributed by atoms with van der Waals surface area (Å²) in [5.74, 6) is 1.30. The monoisotopic (exact) mass is 397 g/mol. The largest absolute Gasteiger partial charge is 0.455 e. The molecule has 158 valence electrons. The van der Waals surface area contributed by atoms with E-state index >= 15 is 0 Å². The van der Waals surface area contributed by atoms with Crippen LogP contribution in [0.4, 0.5) is 0 Å². The molecule has 1 aliphatic rings. The van der Waals surface area contributed by atoms with Gasteiger partial charge in [0.15, 0.2) is 5.76 Å². The number of hydrogen-bond donors (Lipinski definition) is 0. The fourth-order valence-corrected chi connectivity index (χ4v) is 3.63. The quantitative estimate of drug-likeness (QED) is 0.734. The van der Waals surface area contributed by atoms with Crippen molar-refractivity contribution in [2.75, 3.05) is 32.7 Å². The van der Waals surface area contributed by atoms with E-state index in [2.05, 4.69) is 68.7 Å². The minimum Gasteiger partial charge on any atom is -0.455 e. The number of nitrogens with zero attached hydrogens (tertiary/aromatic N) is 3. The van der Waals surface area contributed by atoms with Gasteiger partial charge >= 0.3 is 0 Å². The molecule has 0 atom stereocenters. The van der Waals surface area contributed by atoms with Crippen molar-refractivity contribution in [3.8, 4) is 0 Å². The summed E-state index contributed by atoms with van der Waals surface area (Å²) >= 11 is 0. The van der Waals surface area contributed by atoms with Gasteiger partial charge in [-0.15, -0.1) is 0 Å². The van der Waals surface area contributed by atoms with Crippen molar-refractivity contribution in [2.45, 2.75) is 53.2 Å². The zero-order valence-corrected chi connectivity index (χ0v) is 18.6. The van der Waals surface area contributed by atoms with Crippen LogP contribution in [0.25, 0.3) is 0 Å². The average molecular weight is 398 g/mol. The maximum Gasteiger partial charge on any atom is 0.289 e. The summed E-state index contributed by atoms with van der Waals surface area (Å²) in [6.07, 6.45) is 0. The molecule has 0 N–H and O–H groups in total. The summed E-state index contributed by atoms with van der Waals surface area (Å²) in [6.45, 7) is 16.9. The summed E-state index contributed by atoms with van der Waals surface area (Å²) in [4.78, 5) is 19.5. The van der Waals surface area contributed by atoms with Gasteiger partial charge in [-0.2, -0.15) is 0 Å². The molecule has 29 heavy (non-hydrogen) atoms. The van der Waals surface area contributed by atoms with Crippen LogP contribution in [-0.2, 0) is 13.1 Å². The molecule has 2 aromatic rings. The Bertz CT molecular complexity index is 796. The summed E-state index contributed by atoms with van der Waals surface area (Å²) in [6, 6.07) is 12.4. The van der Waals surface area contributed by atoms with E-state index in [-0.39, 0.29) is 11.4 Å². The Morgan fingerprint density at radius 2 is 1.66 bits per heavy atom. The lowest BCUT2D eigenvalue weighted by Crippen LogP contribution is -2.48. The van der Waals surface area contributed by atoms with Crippen LogP contribution in [-0.4, -0.2) is 58.9 Å². The molecule has 5 nitrogen and oxygen atoms in total. The predicted octanol–water partition coefficient (Wildman–Crippen LogP) is 4.17. The summed E-state index contributed by atoms with van der Waals surface area (Å²) in [7, 11) is 0. The zero-order valence-electron chi connectivity index (χ0n) is 18.6. The number of likely N-dealkylation sites (N-methyl/N-ethyl adjacent to an activating group) is 1. The zero-order chi connectivity index (χ0) is 21.0. The first kappa shape index (κ1) is 21.6. The lowest BCUT2D eigenvalue weighted by atomic mass is 10.0. The van der Waals surface area contributed by atoms with Crippen LogP contribution < -0.4 is 0 Å². The molecule has 1 aromatic heterocycles. The van der Waals surface area contributed by atoms with Gasteiger partial charge in [-0.05, 0) is 51.9 Å². The highest BCUT2D eigenvalue weighted by molar-refractivity contribution is 5.91. The topological polar surface area (TPSA) is 39.9 Å². The van der Waals surface area contributed by atoms with E-state index in [9.17, 15) is 4.79 Å². The molecule has 1 saturated heterocycles. The number of carbonyl (C=O) groups excluding carboxylic acids is 1. The molecule has 0 saturated carbocycles. The second kappa shape index (κ2) is 9.14. The van der Waals surface area contributed by atoms with Crippen molar-refractivity contribution in [1.29, 1.82) is 0 Å². The lowest BCUT2D eigenvalue weighted by Gasteiger charge is -2.35. The minimum absolute atomic E-state index is 0.00727. The number of furan rings is 1. The first-order valence-electron chi connectivity index (χ1n) is 10.7. The molecule has 0 unspecified atom stereocenters. The third kappa shape index (κ3) is 5.71. The standard InChI is InChI=1S/C24H35N3O2/c1-6-25-13-15-26(16-14-25)23(28)22-12-11-21(29-22)18-27(24(3,4)5)17-20-9-7-19(2)8-10-20/h7-12H,6,13-18H2,1-5H3. The summed E-state index contributed by atoms with van der Waals surface area (Å²) in [5.41, 5.74) is 2.53. The lowest BCUT2D eigenvalue weighted by molar-refractivity contribution is 0.0604. The number of carbonyl (C=O) groups is 1. The number of amides is 1. The number of rotatable bonds is 6. The van der Waals surface area contributed by atoms with Crippen molar-refractivity contribution in [3.63, 3.8) is 0 Å². The molecule has 0 spiro atoms. The third-order valence-electron chi connectivity index (χ3n) is 5.77. The number of piperazine rings is 1. The fourth-order valence-electron chi connectivity index (χ4n) is 3.63. The molecule has 1 aromatic carbocycles. The van der Waals surface area contributed by atoms with Crippen molar-refractivity contribution in [2.24, 2.45) is 0 Å². The Balaban J connectivity index is 1.66. The third-order valence-corrected chi connectivity index (χ3v) is 5.77. The van der Waals surface area contributed by atoms with Gasteiger partial charge in [0.05, 0.1) is 6.54 Å². The SMILES string of the molecule is CCN1CCN(C(=O)c2ccc(CN(Cc3ccc(C)cc3)C(C)(C)C)o2)CC1. The van der Waals surface area contributed by atoms with Crippen LogP contribution in [0.3, 0.4) is 0 Å². The van der Waals surface area contributed by atoms with Gasteiger partial charge in [0, 0.05) is 38.3 Å². The predicted molar refractivity (Wildman–Crippen MR) is 117 cm³/mol. The van der Waals surface area contributed by atoms with Gasteiger partial charge in [-0.3, -0.25) is 9.69 Å². The Hall–Kier alpha value is -2.11. The Morgan fingerprint density at radius 3 is 2.24 bits per heavy atom. The van der Waals surface area contributed by atoms with Crippen molar-refractivity contribution in [1.82, 2.24) is 14.7 Å². The van der Waals surface area contributed by atoms with Crippen LogP contribution >= 0.6 is 0 Å². The Labute approximate surface area is 175 Å². The first-order chi connectivity index (χ1) is 13.8. The maximum absolute atomic E-state index is 12.8. The number of aryl methyl sites for hydroxylation is 1. The molecule has 3 rings (SSSR count). The van der Waals surface area contributed by atoms with E-state index in [4.69, 9.17) is 4.42 Å². The van der Waals surface area contributed by atoms with Gasteiger partial charge in [-0.1, -0.05) is 36.8 Å². The number of hydrogen-bond acceptors (Lipinski definition) is 4. The van der Waals surface area contributed by atoms with Crippen LogP contribution in [0, 0.1) is 6.92 Å². The van der Waals surface area contributed by atoms with E-state index in [1.165, 1.54) is 11.1 Å². The average Bonchev–Trinajstić information content (AvgIpc) is 3.16. The van der Waals surface area contributed by atoms with Crippen LogP contribution in [0.15, 0.2) is 40.8 Å². The molecular weight excluding hydrogens is 362 g/mol. The van der Waals surface area contributed by atoms with E-state index in [1.54, 1.807) is 0 Å². The van der Waals surface area contributed by atoms with Crippen molar-refractivity contribution < 1.29 is 9.21 Å². The molecule has 2 heterocycles. The molecule has 0 aliphatic carbocycles. The summed E-state index contributed by atoms with van der Waals surface area (Å²) in [5, 5.41) is 0. The highest BCUT2D eigenvalue weighted by Crippen LogP contribution is 2.22. The minimum atomic E-state index is -0.0155. The fraction of sp³-hybridized carbons (Fsp3) is 0.542. The van der Waals surface area contributed by atoms with Gasteiger partial charge in [0.2, 0.25) is 0 Å². The molecule has 1 amide bonds. The van der Waals surface area contributed by atoms with Crippen molar-refractivity contribution >= 4 is 5.91 Å². The van der Waals surface area contributed by atoms with Crippen LogP contribution in [0.2, 0.25) is 0 Å². The van der Waals surface area contributed by atoms with Gasteiger partial charge in [-0.25, -0.2) is 0 Å². The van der Waals surface area contributed by atoms with Crippen molar-refractivity contribution in [3.05, 3.63) is 59.0 Å². The second-order valence-electron chi connectivity index (χ2n) is 9.00. The molecule has 0 bridgehead atoms. The van der Waals surface area contributed by atoms with Gasteiger partial charge in [0.25, 0.3) is 5.91 Å². The Morgan fingerprint density at radius 1 is 1.00 bits per heavy atom. The van der Waals surface area contributed by atoms with Crippen LogP contribution in [0.1, 0.15) is 55.1 Å². The second-order valence-corrected chi connectivity index (χ2v) is 9.00. The smallest absolute Gasteiger partial charge is 0.289 e. The molecule has 0 radical (unpaired) electrons. The number of benzene rings is 1. The highest BCUT2D eigenvalue weighted by Gasteiger charge is 2.26. The molecule has 5 heteroatoms. The van der Waals surface area contributed by atoms with E-state index < -0.39 is 0 Å². The molecule has 1 fully saturated rings. The highest BCUT2D eigenvalue weighted by atomic mass is 16.4.